The minimum absolute atomic E-state index is 0. The molecule has 0 amide bonds. The average molecular weight is 1330 g/mol. The Labute approximate surface area is 318 Å². The van der Waals surface area contributed by atoms with Crippen molar-refractivity contribution in [2.45, 2.75) is 0 Å². The standard InChI is InChI=1S/8F6P.6H3N.Ni/c8*1-7(2,3,4,5)6;;;;;;;/h;;;;;;;;6*1H3;/q8*-1;;;;;;;+2/p+6. The first-order valence-electron chi connectivity index (χ1n) is 8.11. The molecule has 0 radical (unpaired) electrons. The minimum atomic E-state index is -10.7. The van der Waals surface area contributed by atoms with Crippen LogP contribution < -0.4 is 36.9 Å². The van der Waals surface area contributed by atoms with Gasteiger partial charge in [-0.2, -0.15) is 0 Å². The molecular formula is H24F48N6NiP8. The summed E-state index contributed by atoms with van der Waals surface area (Å²) >= 11 is 0. The van der Waals surface area contributed by atoms with Crippen molar-refractivity contribution >= 4 is 62.5 Å². The molecule has 0 saturated heterocycles. The Hall–Kier alpha value is 0.334. The molecule has 0 bridgehead atoms. The molecule has 63 heteroatoms. The van der Waals surface area contributed by atoms with Gasteiger partial charge in [-0.15, -0.1) is 0 Å². The van der Waals surface area contributed by atoms with Gasteiger partial charge in [0.15, 0.2) is 0 Å². The van der Waals surface area contributed by atoms with Gasteiger partial charge in [0.2, 0.25) is 0 Å². The van der Waals surface area contributed by atoms with Gasteiger partial charge in [0.05, 0.1) is 0 Å². The van der Waals surface area contributed by atoms with Gasteiger partial charge in [0, 0.05) is 0 Å². The molecule has 0 rings (SSSR count). The van der Waals surface area contributed by atoms with E-state index in [4.69, 9.17) is 0 Å². The maximum atomic E-state index is 9.87. The summed E-state index contributed by atoms with van der Waals surface area (Å²) in [4.78, 5) is 0. The zero-order valence-corrected chi connectivity index (χ0v) is 36.2. The molecule has 440 valence electrons. The van der Waals surface area contributed by atoms with Crippen LogP contribution in [0.2, 0.25) is 0 Å². The van der Waals surface area contributed by atoms with Crippen LogP contribution in [0, 0.1) is 0 Å². The van der Waals surface area contributed by atoms with Crippen LogP contribution in [-0.2, 0) is 16.5 Å². The van der Waals surface area contributed by atoms with Gasteiger partial charge in [0.1, 0.15) is 0 Å². The molecule has 24 N–H and O–H groups in total. The van der Waals surface area contributed by atoms with Crippen LogP contribution in [0.1, 0.15) is 0 Å². The monoisotopic (exact) mass is 1330 g/mol. The van der Waals surface area contributed by atoms with Crippen molar-refractivity contribution in [3.05, 3.63) is 0 Å². The normalized spacial score (nSPS) is 20.6. The molecular weight excluding hydrogens is 1300 g/mol. The summed E-state index contributed by atoms with van der Waals surface area (Å²) in [5.41, 5.74) is 0. The topological polar surface area (TPSA) is 219 Å². The van der Waals surface area contributed by atoms with Crippen molar-refractivity contribution in [3.63, 3.8) is 0 Å². The molecule has 0 atom stereocenters. The van der Waals surface area contributed by atoms with Crippen molar-refractivity contribution in [2.24, 2.45) is 0 Å². The molecule has 0 aromatic heterocycles. The van der Waals surface area contributed by atoms with Crippen LogP contribution >= 0.6 is 62.5 Å². The predicted molar refractivity (Wildman–Crippen MR) is 144 cm³/mol. The van der Waals surface area contributed by atoms with E-state index < -0.39 is 62.5 Å². The Morgan fingerprint density at radius 3 is 0.0952 bits per heavy atom. The number of quaternary nitrogens is 6. The molecule has 63 heavy (non-hydrogen) atoms. The molecule has 0 fully saturated rings. The van der Waals surface area contributed by atoms with E-state index in [1.165, 1.54) is 0 Å². The van der Waals surface area contributed by atoms with Crippen molar-refractivity contribution < 1.29 is 218 Å². The van der Waals surface area contributed by atoms with E-state index in [1.807, 2.05) is 0 Å². The third-order valence-corrected chi connectivity index (χ3v) is 0. The fourth-order valence-electron chi connectivity index (χ4n) is 0. The summed E-state index contributed by atoms with van der Waals surface area (Å²) < 4.78 is 474. The summed E-state index contributed by atoms with van der Waals surface area (Å²) in [5, 5.41) is 0. The first kappa shape index (κ1) is 105. The number of hydrogen-bond donors (Lipinski definition) is 6. The predicted octanol–water partition coefficient (Wildman–Crippen LogP) is 29.3. The third-order valence-electron chi connectivity index (χ3n) is 0. The van der Waals surface area contributed by atoms with E-state index in [9.17, 15) is 201 Å². The van der Waals surface area contributed by atoms with Crippen molar-refractivity contribution in [1.29, 1.82) is 0 Å². The molecule has 0 aromatic carbocycles. The van der Waals surface area contributed by atoms with Gasteiger partial charge < -0.3 is 36.9 Å². The Bertz CT molecular complexity index is 898. The molecule has 0 spiro atoms. The first-order chi connectivity index (χ1) is 19.6. The van der Waals surface area contributed by atoms with E-state index >= 15 is 0 Å². The van der Waals surface area contributed by atoms with E-state index in [1.54, 1.807) is 0 Å². The largest absolute Gasteiger partial charge is 2.00 e. The second-order valence-corrected chi connectivity index (χ2v) is 23.0. The second-order valence-electron chi connectivity index (χ2n) is 7.67. The van der Waals surface area contributed by atoms with Crippen molar-refractivity contribution in [2.75, 3.05) is 0 Å². The molecule has 0 aliphatic carbocycles. The van der Waals surface area contributed by atoms with E-state index in [0.29, 0.717) is 0 Å². The summed E-state index contributed by atoms with van der Waals surface area (Å²) in [7, 11) is -85.3. The van der Waals surface area contributed by atoms with E-state index in [2.05, 4.69) is 0 Å². The molecule has 0 aromatic rings. The summed E-state index contributed by atoms with van der Waals surface area (Å²) in [5.74, 6) is 0. The van der Waals surface area contributed by atoms with E-state index in [0.717, 1.165) is 0 Å². The van der Waals surface area contributed by atoms with Crippen LogP contribution in [-0.4, -0.2) is 0 Å². The van der Waals surface area contributed by atoms with Gasteiger partial charge in [-0.05, 0) is 0 Å². The molecule has 0 heterocycles. The Morgan fingerprint density at radius 2 is 0.0952 bits per heavy atom. The average Bonchev–Trinajstić information content (AvgIpc) is 1.93. The number of rotatable bonds is 0. The fraction of sp³-hybridized carbons (Fsp3) is 0. The summed E-state index contributed by atoms with van der Waals surface area (Å²) in [6, 6.07) is 0. The van der Waals surface area contributed by atoms with Gasteiger partial charge in [-0.3, -0.25) is 0 Å². The molecule has 0 aliphatic rings. The summed E-state index contributed by atoms with van der Waals surface area (Å²) in [6.45, 7) is 0. The van der Waals surface area contributed by atoms with Gasteiger partial charge in [-0.1, -0.05) is 0 Å². The second kappa shape index (κ2) is 16.2. The Balaban J connectivity index is -0.0000000316. The zero-order chi connectivity index (χ0) is 51.3. The molecule has 0 unspecified atom stereocenters. The molecule has 0 aliphatic heterocycles. The first-order valence-corrected chi connectivity index (χ1v) is 24.3. The zero-order valence-electron chi connectivity index (χ0n) is 28.0. The van der Waals surface area contributed by atoms with Crippen LogP contribution in [0.4, 0.5) is 201 Å². The SMILES string of the molecule is F[P-](F)(F)(F)(F)F.F[P-](F)(F)(F)(F)F.F[P-](F)(F)(F)(F)F.F[P-](F)(F)(F)(F)F.F[P-](F)(F)(F)(F)F.F[P-](F)(F)(F)(F)F.F[P-](F)(F)(F)(F)F.F[P-](F)(F)(F)(F)F.[NH4+].[NH4+].[NH4+].[NH4+].[NH4+].[NH4+].[Ni+2]. The van der Waals surface area contributed by atoms with Crippen molar-refractivity contribution in [3.8, 4) is 0 Å². The Morgan fingerprint density at radius 1 is 0.0952 bits per heavy atom. The Kier molecular flexibility index (Phi) is 27.1. The van der Waals surface area contributed by atoms with E-state index in [-0.39, 0.29) is 53.4 Å². The maximum Gasteiger partial charge on any atom is 2.00 e. The van der Waals surface area contributed by atoms with Gasteiger partial charge >= 0.3 is 280 Å². The maximum absolute atomic E-state index is 10.7. The van der Waals surface area contributed by atoms with Crippen LogP contribution in [0.15, 0.2) is 0 Å². The van der Waals surface area contributed by atoms with Crippen LogP contribution in [0.25, 0.3) is 0 Å². The fourth-order valence-corrected chi connectivity index (χ4v) is 0. The quantitative estimate of drug-likeness (QED) is 0.0758. The third kappa shape index (κ3) is 2040000. The van der Waals surface area contributed by atoms with Crippen LogP contribution in [0.3, 0.4) is 0 Å². The smallest absolute Gasteiger partial charge is 0.369 e. The molecule has 6 nitrogen and oxygen atoms in total. The minimum Gasteiger partial charge on any atom is -0.369 e. The van der Waals surface area contributed by atoms with Crippen molar-refractivity contribution in [1.82, 2.24) is 36.9 Å². The van der Waals surface area contributed by atoms with Crippen LogP contribution in [0.5, 0.6) is 0 Å². The molecule has 0 saturated carbocycles. The number of halogens is 48. The van der Waals surface area contributed by atoms with Gasteiger partial charge in [0.25, 0.3) is 0 Å². The summed E-state index contributed by atoms with van der Waals surface area (Å²) in [6.07, 6.45) is 0. The van der Waals surface area contributed by atoms with Gasteiger partial charge in [-0.25, -0.2) is 0 Å². The number of hydrogen-bond acceptors (Lipinski definition) is 0.